The van der Waals surface area contributed by atoms with E-state index in [1.807, 2.05) is 39.8 Å². The van der Waals surface area contributed by atoms with Gasteiger partial charge in [-0.3, -0.25) is 9.59 Å². The van der Waals surface area contributed by atoms with Crippen molar-refractivity contribution in [3.63, 3.8) is 0 Å². The molecule has 0 aliphatic carbocycles. The summed E-state index contributed by atoms with van der Waals surface area (Å²) in [6, 6.07) is 11.0. The summed E-state index contributed by atoms with van der Waals surface area (Å²) in [4.78, 5) is 26.8. The zero-order valence-corrected chi connectivity index (χ0v) is 17.7. The number of nitrogens with one attached hydrogen (secondary N) is 1. The molecule has 0 saturated carbocycles. The minimum atomic E-state index is -0.772. The fourth-order valence-corrected chi connectivity index (χ4v) is 2.90. The van der Waals surface area contributed by atoms with Gasteiger partial charge in [-0.2, -0.15) is 0 Å². The summed E-state index contributed by atoms with van der Waals surface area (Å²) in [5, 5.41) is 2.80. The number of ether oxygens (including phenoxy) is 1. The van der Waals surface area contributed by atoms with Crippen LogP contribution in [0.4, 0.5) is 4.39 Å². The van der Waals surface area contributed by atoms with Crippen molar-refractivity contribution >= 4 is 11.8 Å². The Hall–Kier alpha value is -2.89. The van der Waals surface area contributed by atoms with Crippen molar-refractivity contribution in [2.45, 2.75) is 53.2 Å². The van der Waals surface area contributed by atoms with Crippen LogP contribution in [0, 0.1) is 19.7 Å². The zero-order chi connectivity index (χ0) is 21.6. The van der Waals surface area contributed by atoms with Crippen LogP contribution in [-0.2, 0) is 16.1 Å². The maximum absolute atomic E-state index is 14.2. The molecular weight excluding hydrogens is 371 g/mol. The molecule has 0 bridgehead atoms. The molecule has 5 nitrogen and oxygen atoms in total. The SMILES string of the molecule is Cc1cccc(OCC(=O)N(Cc2ccccc2F)[C@@H](C)C(=O)NC(C)C)c1C. The van der Waals surface area contributed by atoms with Crippen LogP contribution in [0.1, 0.15) is 37.5 Å². The van der Waals surface area contributed by atoms with Gasteiger partial charge in [-0.1, -0.05) is 30.3 Å². The van der Waals surface area contributed by atoms with E-state index in [-0.39, 0.29) is 31.0 Å². The first kappa shape index (κ1) is 22.4. The summed E-state index contributed by atoms with van der Waals surface area (Å²) in [5.41, 5.74) is 2.35. The second-order valence-corrected chi connectivity index (χ2v) is 7.44. The van der Waals surface area contributed by atoms with Crippen LogP contribution in [0.15, 0.2) is 42.5 Å². The first-order valence-corrected chi connectivity index (χ1v) is 9.73. The lowest BCUT2D eigenvalue weighted by atomic mass is 10.1. The van der Waals surface area contributed by atoms with E-state index in [1.54, 1.807) is 31.2 Å². The lowest BCUT2D eigenvalue weighted by Gasteiger charge is -2.29. The fourth-order valence-electron chi connectivity index (χ4n) is 2.90. The van der Waals surface area contributed by atoms with Gasteiger partial charge in [0.25, 0.3) is 5.91 Å². The molecule has 0 aromatic heterocycles. The number of carbonyl (C=O) groups excluding carboxylic acids is 2. The molecule has 156 valence electrons. The molecular formula is C23H29FN2O3. The standard InChI is InChI=1S/C23H29FN2O3/c1-15(2)25-23(28)18(5)26(13-19-10-6-7-11-20(19)24)22(27)14-29-21-12-8-9-16(3)17(21)4/h6-12,15,18H,13-14H2,1-5H3,(H,25,28)/t18-/m0/s1. The Morgan fingerprint density at radius 2 is 1.76 bits per heavy atom. The molecule has 29 heavy (non-hydrogen) atoms. The Morgan fingerprint density at radius 1 is 1.07 bits per heavy atom. The smallest absolute Gasteiger partial charge is 0.261 e. The monoisotopic (exact) mass is 400 g/mol. The molecule has 6 heteroatoms. The number of hydrogen-bond acceptors (Lipinski definition) is 3. The van der Waals surface area contributed by atoms with Crippen LogP contribution >= 0.6 is 0 Å². The predicted molar refractivity (Wildman–Crippen MR) is 111 cm³/mol. The third-order valence-corrected chi connectivity index (χ3v) is 4.80. The summed E-state index contributed by atoms with van der Waals surface area (Å²) in [5.74, 6) is -0.488. The first-order valence-electron chi connectivity index (χ1n) is 9.73. The maximum atomic E-state index is 14.2. The highest BCUT2D eigenvalue weighted by atomic mass is 19.1. The molecule has 0 radical (unpaired) electrons. The number of amides is 2. The van der Waals surface area contributed by atoms with Crippen molar-refractivity contribution in [3.05, 3.63) is 65.0 Å². The Morgan fingerprint density at radius 3 is 2.41 bits per heavy atom. The van der Waals surface area contributed by atoms with Crippen LogP contribution in [0.3, 0.4) is 0 Å². The molecule has 0 fully saturated rings. The quantitative estimate of drug-likeness (QED) is 0.734. The molecule has 0 heterocycles. The van der Waals surface area contributed by atoms with Crippen LogP contribution in [0.2, 0.25) is 0 Å². The Balaban J connectivity index is 2.20. The minimum Gasteiger partial charge on any atom is -0.483 e. The number of hydrogen-bond donors (Lipinski definition) is 1. The maximum Gasteiger partial charge on any atom is 0.261 e. The average Bonchev–Trinajstić information content (AvgIpc) is 2.67. The van der Waals surface area contributed by atoms with Crippen molar-refractivity contribution < 1.29 is 18.7 Å². The highest BCUT2D eigenvalue weighted by Crippen LogP contribution is 2.21. The van der Waals surface area contributed by atoms with E-state index >= 15 is 0 Å². The molecule has 1 N–H and O–H groups in total. The van der Waals surface area contributed by atoms with Gasteiger partial charge in [0.1, 0.15) is 17.6 Å². The van der Waals surface area contributed by atoms with Crippen molar-refractivity contribution in [2.75, 3.05) is 6.61 Å². The Kier molecular flexibility index (Phi) is 7.76. The summed E-state index contributed by atoms with van der Waals surface area (Å²) >= 11 is 0. The lowest BCUT2D eigenvalue weighted by Crippen LogP contribution is -2.50. The summed E-state index contributed by atoms with van der Waals surface area (Å²) in [6.07, 6.45) is 0. The van der Waals surface area contributed by atoms with E-state index in [2.05, 4.69) is 5.32 Å². The second kappa shape index (κ2) is 10.0. The third-order valence-electron chi connectivity index (χ3n) is 4.80. The van der Waals surface area contributed by atoms with E-state index in [1.165, 1.54) is 11.0 Å². The molecule has 0 aliphatic heterocycles. The molecule has 1 atom stereocenters. The number of carbonyl (C=O) groups is 2. The van der Waals surface area contributed by atoms with Crippen LogP contribution in [-0.4, -0.2) is 35.4 Å². The van der Waals surface area contributed by atoms with Gasteiger partial charge in [0.05, 0.1) is 0 Å². The van der Waals surface area contributed by atoms with E-state index in [0.717, 1.165) is 11.1 Å². The summed E-state index contributed by atoms with van der Waals surface area (Å²) in [7, 11) is 0. The van der Waals surface area contributed by atoms with Gasteiger partial charge in [0.15, 0.2) is 6.61 Å². The number of rotatable bonds is 8. The van der Waals surface area contributed by atoms with Gasteiger partial charge >= 0.3 is 0 Å². The topological polar surface area (TPSA) is 58.6 Å². The molecule has 0 spiro atoms. The van der Waals surface area contributed by atoms with E-state index in [0.29, 0.717) is 11.3 Å². The van der Waals surface area contributed by atoms with Gasteiger partial charge in [-0.05, 0) is 57.9 Å². The number of benzene rings is 2. The van der Waals surface area contributed by atoms with Gasteiger partial charge in [-0.25, -0.2) is 4.39 Å². The normalized spacial score (nSPS) is 11.8. The zero-order valence-electron chi connectivity index (χ0n) is 17.7. The van der Waals surface area contributed by atoms with Gasteiger partial charge < -0.3 is 15.0 Å². The highest BCUT2D eigenvalue weighted by Gasteiger charge is 2.27. The van der Waals surface area contributed by atoms with Gasteiger partial charge in [0, 0.05) is 18.2 Å². The first-order chi connectivity index (χ1) is 13.7. The average molecular weight is 400 g/mol. The number of halogens is 1. The molecule has 2 aromatic rings. The largest absolute Gasteiger partial charge is 0.483 e. The van der Waals surface area contributed by atoms with Crippen LogP contribution < -0.4 is 10.1 Å². The van der Waals surface area contributed by atoms with Gasteiger partial charge in [-0.15, -0.1) is 0 Å². The number of nitrogens with zero attached hydrogens (tertiary/aromatic N) is 1. The van der Waals surface area contributed by atoms with Gasteiger partial charge in [0.2, 0.25) is 5.91 Å². The van der Waals surface area contributed by atoms with E-state index in [9.17, 15) is 14.0 Å². The van der Waals surface area contributed by atoms with Crippen molar-refractivity contribution in [1.82, 2.24) is 10.2 Å². The van der Waals surface area contributed by atoms with Crippen molar-refractivity contribution in [2.24, 2.45) is 0 Å². The fraction of sp³-hybridized carbons (Fsp3) is 0.391. The second-order valence-electron chi connectivity index (χ2n) is 7.44. The van der Waals surface area contributed by atoms with Crippen molar-refractivity contribution in [3.8, 4) is 5.75 Å². The van der Waals surface area contributed by atoms with E-state index < -0.39 is 11.9 Å². The lowest BCUT2D eigenvalue weighted by molar-refractivity contribution is -0.142. The summed E-state index contributed by atoms with van der Waals surface area (Å²) in [6.45, 7) is 8.95. The van der Waals surface area contributed by atoms with E-state index in [4.69, 9.17) is 4.74 Å². The highest BCUT2D eigenvalue weighted by molar-refractivity contribution is 5.88. The summed E-state index contributed by atoms with van der Waals surface area (Å²) < 4.78 is 19.9. The molecule has 0 saturated heterocycles. The molecule has 2 aromatic carbocycles. The molecule has 0 aliphatic rings. The molecule has 2 rings (SSSR count). The third kappa shape index (κ3) is 6.04. The minimum absolute atomic E-state index is 0.0195. The van der Waals surface area contributed by atoms with Crippen molar-refractivity contribution in [1.29, 1.82) is 0 Å². The Labute approximate surface area is 171 Å². The van der Waals surface area contributed by atoms with Crippen LogP contribution in [0.25, 0.3) is 0 Å². The Bertz CT molecular complexity index is 867. The predicted octanol–water partition coefficient (Wildman–Crippen LogP) is 3.76. The molecule has 0 unspecified atom stereocenters. The molecule has 2 amide bonds. The van der Waals surface area contributed by atoms with Crippen LogP contribution in [0.5, 0.6) is 5.75 Å². The number of aryl methyl sites for hydroxylation is 1.